The molecule has 1 atom stereocenters. The van der Waals surface area contributed by atoms with Crippen LogP contribution in [0.3, 0.4) is 0 Å². The summed E-state index contributed by atoms with van der Waals surface area (Å²) >= 11 is 2.95. The van der Waals surface area contributed by atoms with Crippen LogP contribution < -0.4 is 11.0 Å². The van der Waals surface area contributed by atoms with Gasteiger partial charge in [-0.3, -0.25) is 4.79 Å². The zero-order valence-electron chi connectivity index (χ0n) is 15.0. The summed E-state index contributed by atoms with van der Waals surface area (Å²) < 4.78 is 2.25. The highest BCUT2D eigenvalue weighted by Crippen LogP contribution is 2.26. The molecule has 7 nitrogen and oxygen atoms in total. The summed E-state index contributed by atoms with van der Waals surface area (Å²) in [6, 6.07) is 15.3. The molecule has 0 bridgehead atoms. The lowest BCUT2D eigenvalue weighted by Crippen LogP contribution is -2.35. The quantitative estimate of drug-likeness (QED) is 0.529. The molecule has 0 aliphatic heterocycles. The molecule has 0 saturated carbocycles. The fourth-order valence-corrected chi connectivity index (χ4v) is 4.25. The molecule has 4 rings (SSSR count). The maximum Gasteiger partial charge on any atom is 0.369 e. The highest BCUT2D eigenvalue weighted by Gasteiger charge is 2.20. The van der Waals surface area contributed by atoms with Gasteiger partial charge in [-0.2, -0.15) is 9.36 Å². The van der Waals surface area contributed by atoms with Crippen molar-refractivity contribution in [1.82, 2.24) is 25.1 Å². The number of tetrazole rings is 1. The van der Waals surface area contributed by atoms with Crippen LogP contribution in [-0.2, 0) is 11.3 Å². The van der Waals surface area contributed by atoms with Gasteiger partial charge in [0.15, 0.2) is 0 Å². The summed E-state index contributed by atoms with van der Waals surface area (Å²) in [5.41, 5.74) is 1.69. The average Bonchev–Trinajstić information content (AvgIpc) is 3.44. The fraction of sp³-hybridized carbons (Fsp3) is 0.158. The maximum absolute atomic E-state index is 12.7. The summed E-state index contributed by atoms with van der Waals surface area (Å²) in [6.07, 6.45) is 0. The highest BCUT2D eigenvalue weighted by molar-refractivity contribution is 7.12. The zero-order valence-corrected chi connectivity index (χ0v) is 16.6. The third-order valence-corrected chi connectivity index (χ3v) is 5.97. The van der Waals surface area contributed by atoms with Gasteiger partial charge in [0.05, 0.1) is 6.04 Å². The van der Waals surface area contributed by atoms with Crippen LogP contribution in [0.5, 0.6) is 0 Å². The van der Waals surface area contributed by atoms with Crippen molar-refractivity contribution in [3.63, 3.8) is 0 Å². The van der Waals surface area contributed by atoms with E-state index in [1.165, 1.54) is 16.0 Å². The molecule has 0 fully saturated rings. The van der Waals surface area contributed by atoms with Crippen molar-refractivity contribution < 1.29 is 4.79 Å². The van der Waals surface area contributed by atoms with Crippen molar-refractivity contribution in [3.8, 4) is 5.00 Å². The first-order valence-electron chi connectivity index (χ1n) is 8.58. The number of nitrogens with one attached hydrogen (secondary N) is 1. The Balaban J connectivity index is 1.54. The Morgan fingerprint density at radius 1 is 1.07 bits per heavy atom. The lowest BCUT2D eigenvalue weighted by Gasteiger charge is -2.18. The molecular formula is C19H17N5O2S2. The molecular weight excluding hydrogens is 394 g/mol. The molecule has 0 radical (unpaired) electrons. The number of thiophene rings is 2. The van der Waals surface area contributed by atoms with E-state index in [0.29, 0.717) is 5.00 Å². The van der Waals surface area contributed by atoms with Gasteiger partial charge in [0.25, 0.3) is 0 Å². The van der Waals surface area contributed by atoms with Gasteiger partial charge in [0.2, 0.25) is 5.91 Å². The van der Waals surface area contributed by atoms with E-state index >= 15 is 0 Å². The Bertz CT molecular complexity index is 1110. The first-order chi connectivity index (χ1) is 13.6. The van der Waals surface area contributed by atoms with Gasteiger partial charge in [0.1, 0.15) is 11.5 Å². The number of nitrogens with zero attached hydrogens (tertiary/aromatic N) is 4. The molecule has 4 aromatic rings. The largest absolute Gasteiger partial charge is 0.369 e. The van der Waals surface area contributed by atoms with Crippen LogP contribution >= 0.6 is 22.7 Å². The molecule has 9 heteroatoms. The number of carbonyl (C=O) groups excluding carboxylic acids is 1. The number of aromatic nitrogens is 4. The van der Waals surface area contributed by atoms with Crippen LogP contribution in [0.1, 0.15) is 22.0 Å². The zero-order chi connectivity index (χ0) is 19.5. The molecule has 3 aromatic heterocycles. The predicted molar refractivity (Wildman–Crippen MR) is 109 cm³/mol. The normalized spacial score (nSPS) is 12.0. The monoisotopic (exact) mass is 411 g/mol. The predicted octanol–water partition coefficient (Wildman–Crippen LogP) is 2.77. The minimum atomic E-state index is -0.444. The van der Waals surface area contributed by atoms with Crippen LogP contribution in [0.4, 0.5) is 0 Å². The van der Waals surface area contributed by atoms with E-state index < -0.39 is 5.69 Å². The molecule has 1 aromatic carbocycles. The molecule has 28 heavy (non-hydrogen) atoms. The minimum absolute atomic E-state index is 0.196. The Morgan fingerprint density at radius 2 is 1.82 bits per heavy atom. The van der Waals surface area contributed by atoms with Crippen LogP contribution in [-0.4, -0.2) is 25.7 Å². The first-order valence-corrected chi connectivity index (χ1v) is 10.3. The van der Waals surface area contributed by atoms with Gasteiger partial charge in [0, 0.05) is 4.88 Å². The third kappa shape index (κ3) is 3.80. The van der Waals surface area contributed by atoms with Crippen LogP contribution in [0.25, 0.3) is 5.00 Å². The van der Waals surface area contributed by atoms with E-state index in [9.17, 15) is 9.59 Å². The van der Waals surface area contributed by atoms with E-state index in [1.807, 2.05) is 60.1 Å². The number of benzene rings is 1. The van der Waals surface area contributed by atoms with E-state index in [1.54, 1.807) is 17.4 Å². The number of carbonyl (C=O) groups is 1. The van der Waals surface area contributed by atoms with Gasteiger partial charge >= 0.3 is 5.69 Å². The summed E-state index contributed by atoms with van der Waals surface area (Å²) in [5.74, 6) is -0.306. The standard InChI is InChI=1S/C19H17N5O2S2/c1-13-6-8-14(9-7-13)18(15-4-2-10-27-15)20-16(25)12-23-19(26)24(22-21-23)17-5-3-11-28-17/h2-11,18H,12H2,1H3,(H,20,25). The van der Waals surface area contributed by atoms with Gasteiger partial charge in [-0.15, -0.1) is 22.7 Å². The van der Waals surface area contributed by atoms with E-state index in [0.717, 1.165) is 20.7 Å². The molecule has 0 spiro atoms. The lowest BCUT2D eigenvalue weighted by atomic mass is 10.0. The Labute approximate surface area is 168 Å². The third-order valence-electron chi connectivity index (χ3n) is 4.19. The second-order valence-corrected chi connectivity index (χ2v) is 8.11. The smallest absolute Gasteiger partial charge is 0.343 e. The summed E-state index contributed by atoms with van der Waals surface area (Å²) in [5, 5.41) is 15.2. The lowest BCUT2D eigenvalue weighted by molar-refractivity contribution is -0.122. The van der Waals surface area contributed by atoms with Crippen LogP contribution in [0.2, 0.25) is 0 Å². The van der Waals surface area contributed by atoms with E-state index in [-0.39, 0.29) is 18.5 Å². The van der Waals surface area contributed by atoms with E-state index in [4.69, 9.17) is 0 Å². The molecule has 142 valence electrons. The fourth-order valence-electron chi connectivity index (χ4n) is 2.78. The molecule has 1 N–H and O–H groups in total. The van der Waals surface area contributed by atoms with E-state index in [2.05, 4.69) is 15.7 Å². The van der Waals surface area contributed by atoms with Crippen molar-refractivity contribution in [2.75, 3.05) is 0 Å². The molecule has 0 saturated heterocycles. The summed E-state index contributed by atoms with van der Waals surface area (Å²) in [7, 11) is 0. The average molecular weight is 412 g/mol. The van der Waals surface area contributed by atoms with Crippen molar-refractivity contribution in [2.45, 2.75) is 19.5 Å². The number of aryl methyl sites for hydroxylation is 1. The van der Waals surface area contributed by atoms with Crippen molar-refractivity contribution >= 4 is 28.6 Å². The Kier molecular flexibility index (Phi) is 5.18. The molecule has 0 aliphatic carbocycles. The van der Waals surface area contributed by atoms with Crippen molar-refractivity contribution in [3.05, 3.63) is 85.8 Å². The molecule has 1 amide bonds. The van der Waals surface area contributed by atoms with Gasteiger partial charge in [-0.25, -0.2) is 4.79 Å². The molecule has 3 heterocycles. The topological polar surface area (TPSA) is 81.8 Å². The van der Waals surface area contributed by atoms with Gasteiger partial charge in [-0.1, -0.05) is 35.9 Å². The molecule has 1 unspecified atom stereocenters. The number of amides is 1. The SMILES string of the molecule is Cc1ccc(C(NC(=O)Cn2nnn(-c3cccs3)c2=O)c2cccs2)cc1. The first kappa shape index (κ1) is 18.3. The number of hydrogen-bond acceptors (Lipinski definition) is 6. The maximum atomic E-state index is 12.7. The number of rotatable bonds is 6. The van der Waals surface area contributed by atoms with Gasteiger partial charge < -0.3 is 5.32 Å². The van der Waals surface area contributed by atoms with Crippen LogP contribution in [0, 0.1) is 6.92 Å². The van der Waals surface area contributed by atoms with Crippen molar-refractivity contribution in [1.29, 1.82) is 0 Å². The van der Waals surface area contributed by atoms with Gasteiger partial charge in [-0.05, 0) is 51.9 Å². The molecule has 0 aliphatic rings. The Hall–Kier alpha value is -3.04. The second-order valence-electron chi connectivity index (χ2n) is 6.21. The Morgan fingerprint density at radius 3 is 2.50 bits per heavy atom. The number of hydrogen-bond donors (Lipinski definition) is 1. The minimum Gasteiger partial charge on any atom is -0.343 e. The van der Waals surface area contributed by atoms with Crippen molar-refractivity contribution in [2.24, 2.45) is 0 Å². The van der Waals surface area contributed by atoms with Crippen LogP contribution in [0.15, 0.2) is 64.1 Å². The summed E-state index contributed by atoms with van der Waals surface area (Å²) in [6.45, 7) is 1.82. The summed E-state index contributed by atoms with van der Waals surface area (Å²) in [4.78, 5) is 26.1. The highest BCUT2D eigenvalue weighted by atomic mass is 32.1. The second kappa shape index (κ2) is 7.91.